The number of nitrogens with one attached hydrogen (secondary N) is 4. The van der Waals surface area contributed by atoms with E-state index in [4.69, 9.17) is 0 Å². The third-order valence-electron chi connectivity index (χ3n) is 6.11. The van der Waals surface area contributed by atoms with Crippen molar-refractivity contribution < 1.29 is 4.79 Å². The molecular weight excluding hydrogens is 338 g/mol. The minimum absolute atomic E-state index is 0.00729. The van der Waals surface area contributed by atoms with Gasteiger partial charge in [-0.1, -0.05) is 13.8 Å². The molecule has 6 nitrogen and oxygen atoms in total. The van der Waals surface area contributed by atoms with Gasteiger partial charge in [0.25, 0.3) is 5.91 Å². The number of nitrogens with zero attached hydrogens (tertiary/aromatic N) is 1. The molecule has 0 spiro atoms. The molecule has 0 radical (unpaired) electrons. The molecule has 1 aliphatic carbocycles. The highest BCUT2D eigenvalue weighted by Gasteiger charge is 2.36. The van der Waals surface area contributed by atoms with Gasteiger partial charge in [-0.25, -0.2) is 0 Å². The van der Waals surface area contributed by atoms with Crippen LogP contribution >= 0.6 is 0 Å². The maximum Gasteiger partial charge on any atom is 0.251 e. The molecule has 1 aromatic carbocycles. The Kier molecular flexibility index (Phi) is 3.35. The number of rotatable bonds is 2. The zero-order chi connectivity index (χ0) is 18.8. The Labute approximate surface area is 158 Å². The van der Waals surface area contributed by atoms with Crippen molar-refractivity contribution in [3.8, 4) is 11.4 Å². The predicted octanol–water partition coefficient (Wildman–Crippen LogP) is 2.87. The molecule has 1 saturated heterocycles. The summed E-state index contributed by atoms with van der Waals surface area (Å²) in [5.41, 5.74) is 6.11. The number of hydrogen-bond acceptors (Lipinski definition) is 3. The van der Waals surface area contributed by atoms with Gasteiger partial charge in [0.2, 0.25) is 0 Å². The molecule has 4 N–H and O–H groups in total. The second-order valence-electron chi connectivity index (χ2n) is 8.90. The average Bonchev–Trinajstić information content (AvgIpc) is 3.31. The van der Waals surface area contributed by atoms with Crippen LogP contribution in [0.5, 0.6) is 0 Å². The van der Waals surface area contributed by atoms with Crippen molar-refractivity contribution in [3.05, 3.63) is 41.1 Å². The van der Waals surface area contributed by atoms with Crippen molar-refractivity contribution in [2.24, 2.45) is 0 Å². The Bertz CT molecular complexity index is 1050. The van der Waals surface area contributed by atoms with Gasteiger partial charge in [0.05, 0.1) is 11.2 Å². The normalized spacial score (nSPS) is 23.2. The number of amides is 1. The van der Waals surface area contributed by atoms with E-state index in [0.29, 0.717) is 5.56 Å². The summed E-state index contributed by atoms with van der Waals surface area (Å²) in [4.78, 5) is 16.4. The number of benzene rings is 1. The molecule has 1 fully saturated rings. The van der Waals surface area contributed by atoms with Gasteiger partial charge in [-0.05, 0) is 55.5 Å². The third kappa shape index (κ3) is 2.51. The first kappa shape index (κ1) is 16.6. The number of carbonyl (C=O) groups excluding carboxylic acids is 1. The van der Waals surface area contributed by atoms with E-state index in [9.17, 15) is 4.79 Å². The summed E-state index contributed by atoms with van der Waals surface area (Å²) >= 11 is 0. The van der Waals surface area contributed by atoms with Crippen LogP contribution < -0.4 is 10.6 Å². The lowest BCUT2D eigenvalue weighted by Gasteiger charge is -2.30. The standard InChI is InChI=1S/C21H25N5O/c1-20(2)9-13-10-23-26-17(13)18-16(20)14-8-12(4-5-15(14)24-18)19(27)25-21(3)6-7-22-11-21/h4-5,8,10,22,24H,6-7,9,11H2,1-3H3,(H,23,26)(H,25,27). The van der Waals surface area contributed by atoms with E-state index < -0.39 is 0 Å². The van der Waals surface area contributed by atoms with Crippen molar-refractivity contribution in [3.63, 3.8) is 0 Å². The van der Waals surface area contributed by atoms with Crippen LogP contribution in [-0.2, 0) is 11.8 Å². The molecule has 0 saturated carbocycles. The van der Waals surface area contributed by atoms with Crippen LogP contribution in [0.15, 0.2) is 24.4 Å². The quantitative estimate of drug-likeness (QED) is 0.565. The first-order chi connectivity index (χ1) is 12.9. The molecule has 2 aliphatic rings. The number of fused-ring (bicyclic) bond motifs is 5. The Balaban J connectivity index is 1.60. The van der Waals surface area contributed by atoms with Crippen molar-refractivity contribution >= 4 is 16.8 Å². The Morgan fingerprint density at radius 3 is 2.89 bits per heavy atom. The van der Waals surface area contributed by atoms with E-state index in [1.54, 1.807) is 0 Å². The molecule has 1 aliphatic heterocycles. The summed E-state index contributed by atoms with van der Waals surface area (Å²) in [6.45, 7) is 8.38. The van der Waals surface area contributed by atoms with Gasteiger partial charge >= 0.3 is 0 Å². The molecule has 27 heavy (non-hydrogen) atoms. The van der Waals surface area contributed by atoms with Crippen molar-refractivity contribution in [1.29, 1.82) is 0 Å². The molecule has 1 unspecified atom stereocenters. The van der Waals surface area contributed by atoms with Crippen LogP contribution in [0.4, 0.5) is 0 Å². The average molecular weight is 363 g/mol. The van der Waals surface area contributed by atoms with E-state index in [2.05, 4.69) is 46.6 Å². The lowest BCUT2D eigenvalue weighted by molar-refractivity contribution is 0.0913. The van der Waals surface area contributed by atoms with Gasteiger partial charge < -0.3 is 15.6 Å². The molecule has 3 aromatic rings. The predicted molar refractivity (Wildman–Crippen MR) is 106 cm³/mol. The fourth-order valence-corrected chi connectivity index (χ4v) is 4.71. The van der Waals surface area contributed by atoms with E-state index in [-0.39, 0.29) is 16.9 Å². The van der Waals surface area contributed by atoms with Crippen LogP contribution in [0.25, 0.3) is 22.3 Å². The minimum atomic E-state index is -0.174. The maximum atomic E-state index is 12.9. The minimum Gasteiger partial charge on any atom is -0.353 e. The van der Waals surface area contributed by atoms with Crippen LogP contribution in [0.2, 0.25) is 0 Å². The van der Waals surface area contributed by atoms with Gasteiger partial charge in [0.15, 0.2) is 0 Å². The summed E-state index contributed by atoms with van der Waals surface area (Å²) in [6, 6.07) is 5.95. The lowest BCUT2D eigenvalue weighted by atomic mass is 9.73. The van der Waals surface area contributed by atoms with Crippen LogP contribution in [0, 0.1) is 0 Å². The van der Waals surface area contributed by atoms with Crippen LogP contribution in [0.3, 0.4) is 0 Å². The summed E-state index contributed by atoms with van der Waals surface area (Å²) in [6.07, 6.45) is 3.87. The molecule has 140 valence electrons. The molecule has 0 bridgehead atoms. The summed E-state index contributed by atoms with van der Waals surface area (Å²) < 4.78 is 0. The molecule has 1 amide bonds. The summed E-state index contributed by atoms with van der Waals surface area (Å²) in [7, 11) is 0. The highest BCUT2D eigenvalue weighted by atomic mass is 16.1. The molecule has 5 rings (SSSR count). The van der Waals surface area contributed by atoms with Crippen LogP contribution in [-0.4, -0.2) is 39.7 Å². The summed E-state index contributed by atoms with van der Waals surface area (Å²) in [5.74, 6) is -0.00729. The van der Waals surface area contributed by atoms with Crippen LogP contribution in [0.1, 0.15) is 48.7 Å². The molecule has 6 heteroatoms. The molecule has 3 heterocycles. The smallest absolute Gasteiger partial charge is 0.251 e. The zero-order valence-corrected chi connectivity index (χ0v) is 16.0. The highest BCUT2D eigenvalue weighted by molar-refractivity contribution is 6.01. The monoisotopic (exact) mass is 363 g/mol. The van der Waals surface area contributed by atoms with Crippen molar-refractivity contribution in [1.82, 2.24) is 25.8 Å². The molecule has 2 aromatic heterocycles. The SMILES string of the molecule is CC1(NC(=O)c2ccc3[nH]c4c(c3c2)C(C)(C)Cc2c[nH]nc2-4)CCNC1. The molecular formula is C21H25N5O. The number of H-pyrrole nitrogens is 2. The Morgan fingerprint density at radius 1 is 1.26 bits per heavy atom. The first-order valence-corrected chi connectivity index (χ1v) is 9.59. The van der Waals surface area contributed by atoms with Gasteiger partial charge in [-0.15, -0.1) is 0 Å². The van der Waals surface area contributed by atoms with Crippen molar-refractivity contribution in [2.45, 2.75) is 44.6 Å². The van der Waals surface area contributed by atoms with E-state index >= 15 is 0 Å². The fourth-order valence-electron chi connectivity index (χ4n) is 4.71. The number of carbonyl (C=O) groups is 1. The van der Waals surface area contributed by atoms with Gasteiger partial charge in [0, 0.05) is 34.8 Å². The zero-order valence-electron chi connectivity index (χ0n) is 16.0. The van der Waals surface area contributed by atoms with Crippen molar-refractivity contribution in [2.75, 3.05) is 13.1 Å². The number of aromatic amines is 2. The lowest BCUT2D eigenvalue weighted by Crippen LogP contribution is -2.47. The third-order valence-corrected chi connectivity index (χ3v) is 6.11. The molecule has 1 atom stereocenters. The number of aromatic nitrogens is 3. The maximum absolute atomic E-state index is 12.9. The van der Waals surface area contributed by atoms with Gasteiger partial charge in [-0.2, -0.15) is 5.10 Å². The van der Waals surface area contributed by atoms with E-state index in [1.165, 1.54) is 11.1 Å². The Hall–Kier alpha value is -2.60. The van der Waals surface area contributed by atoms with Gasteiger partial charge in [-0.3, -0.25) is 9.89 Å². The topological polar surface area (TPSA) is 85.6 Å². The fraction of sp³-hybridized carbons (Fsp3) is 0.429. The van der Waals surface area contributed by atoms with Gasteiger partial charge in [0.1, 0.15) is 5.69 Å². The summed E-state index contributed by atoms with van der Waals surface area (Å²) in [5, 5.41) is 15.1. The first-order valence-electron chi connectivity index (χ1n) is 9.59. The van der Waals surface area contributed by atoms with E-state index in [0.717, 1.165) is 48.2 Å². The highest BCUT2D eigenvalue weighted by Crippen LogP contribution is 2.45. The number of hydrogen-bond donors (Lipinski definition) is 4. The Morgan fingerprint density at radius 2 is 2.11 bits per heavy atom. The second-order valence-corrected chi connectivity index (χ2v) is 8.90. The largest absolute Gasteiger partial charge is 0.353 e. The van der Waals surface area contributed by atoms with E-state index in [1.807, 2.05) is 24.4 Å². The second kappa shape index (κ2) is 5.45.